The van der Waals surface area contributed by atoms with Gasteiger partial charge in [0.2, 0.25) is 15.9 Å². The number of aryl methyl sites for hydroxylation is 1. The summed E-state index contributed by atoms with van der Waals surface area (Å²) in [5, 5.41) is 0. The highest BCUT2D eigenvalue weighted by atomic mass is 32.2. The van der Waals surface area contributed by atoms with Crippen molar-refractivity contribution < 1.29 is 13.2 Å². The highest BCUT2D eigenvalue weighted by Gasteiger charge is 2.20. The third-order valence-corrected chi connectivity index (χ3v) is 5.68. The van der Waals surface area contributed by atoms with Crippen LogP contribution in [0.15, 0.2) is 24.3 Å². The number of carbonyl (C=O) groups excluding carboxylic acids is 1. The molecule has 0 atom stereocenters. The van der Waals surface area contributed by atoms with Crippen LogP contribution < -0.4 is 4.31 Å². The van der Waals surface area contributed by atoms with E-state index in [4.69, 9.17) is 0 Å². The fourth-order valence-electron chi connectivity index (χ4n) is 3.16. The number of sulfonamides is 1. The van der Waals surface area contributed by atoms with Crippen molar-refractivity contribution in [2.24, 2.45) is 0 Å². The first kappa shape index (κ1) is 18.8. The first-order valence-corrected chi connectivity index (χ1v) is 10.6. The Labute approximate surface area is 145 Å². The number of hydrogen-bond donors (Lipinski definition) is 0. The molecule has 1 amide bonds. The van der Waals surface area contributed by atoms with Crippen LogP contribution >= 0.6 is 0 Å². The van der Waals surface area contributed by atoms with Gasteiger partial charge in [0, 0.05) is 26.1 Å². The van der Waals surface area contributed by atoms with Crippen LogP contribution in [0.4, 0.5) is 5.69 Å². The quantitative estimate of drug-likeness (QED) is 0.791. The normalized spacial score (nSPS) is 15.8. The third-order valence-electron chi connectivity index (χ3n) is 4.50. The van der Waals surface area contributed by atoms with Gasteiger partial charge in [-0.05, 0) is 37.8 Å². The molecule has 2 rings (SSSR count). The minimum absolute atomic E-state index is 0.148. The van der Waals surface area contributed by atoms with Gasteiger partial charge in [-0.1, -0.05) is 31.0 Å². The standard InChI is InChI=1S/C18H28N2O3S/c1-16-10-5-6-11-17(16)20(24(2,22)23)15-9-12-18(21)19-13-7-3-4-8-14-19/h5-6,10-11H,3-4,7-9,12-15H2,1-2H3. The summed E-state index contributed by atoms with van der Waals surface area (Å²) in [7, 11) is -3.36. The van der Waals surface area contributed by atoms with Crippen molar-refractivity contribution in [1.29, 1.82) is 0 Å². The van der Waals surface area contributed by atoms with Crippen LogP contribution in [0.25, 0.3) is 0 Å². The molecule has 0 unspecified atom stereocenters. The van der Waals surface area contributed by atoms with Gasteiger partial charge in [-0.2, -0.15) is 0 Å². The van der Waals surface area contributed by atoms with E-state index in [0.717, 1.165) is 31.5 Å². The first-order valence-electron chi connectivity index (χ1n) is 8.71. The number of nitrogens with zero attached hydrogens (tertiary/aromatic N) is 2. The molecule has 24 heavy (non-hydrogen) atoms. The van der Waals surface area contributed by atoms with E-state index in [2.05, 4.69) is 0 Å². The number of benzene rings is 1. The average Bonchev–Trinajstić information content (AvgIpc) is 2.80. The van der Waals surface area contributed by atoms with Gasteiger partial charge >= 0.3 is 0 Å². The summed E-state index contributed by atoms with van der Waals surface area (Å²) in [4.78, 5) is 14.3. The SMILES string of the molecule is Cc1ccccc1N(CCCC(=O)N1CCCCCC1)S(C)(=O)=O. The van der Waals surface area contributed by atoms with Crippen LogP contribution in [0.2, 0.25) is 0 Å². The van der Waals surface area contributed by atoms with Gasteiger partial charge < -0.3 is 4.90 Å². The second kappa shape index (κ2) is 8.51. The zero-order valence-corrected chi connectivity index (χ0v) is 15.5. The summed E-state index contributed by atoms with van der Waals surface area (Å²) < 4.78 is 25.7. The monoisotopic (exact) mass is 352 g/mol. The number of hydrogen-bond acceptors (Lipinski definition) is 3. The molecule has 0 bridgehead atoms. The Kier molecular flexibility index (Phi) is 6.66. The van der Waals surface area contributed by atoms with Crippen molar-refractivity contribution in [1.82, 2.24) is 4.90 Å². The molecule has 0 spiro atoms. The van der Waals surface area contributed by atoms with E-state index < -0.39 is 10.0 Å². The Morgan fingerprint density at radius 3 is 2.33 bits per heavy atom. The zero-order chi connectivity index (χ0) is 17.6. The number of rotatable bonds is 6. The highest BCUT2D eigenvalue weighted by Crippen LogP contribution is 2.22. The molecule has 0 aliphatic carbocycles. The summed E-state index contributed by atoms with van der Waals surface area (Å²) in [6.45, 7) is 3.91. The minimum atomic E-state index is -3.36. The molecule has 6 heteroatoms. The van der Waals surface area contributed by atoms with Crippen molar-refractivity contribution in [3.8, 4) is 0 Å². The summed E-state index contributed by atoms with van der Waals surface area (Å²) >= 11 is 0. The molecule has 1 aromatic rings. The number of amides is 1. The molecule has 1 aliphatic rings. The largest absolute Gasteiger partial charge is 0.343 e. The molecule has 1 aliphatic heterocycles. The topological polar surface area (TPSA) is 57.7 Å². The molecule has 1 fully saturated rings. The van der Waals surface area contributed by atoms with E-state index in [1.165, 1.54) is 23.4 Å². The smallest absolute Gasteiger partial charge is 0.232 e. The van der Waals surface area contributed by atoms with E-state index in [1.54, 1.807) is 0 Å². The maximum atomic E-state index is 12.3. The number of anilines is 1. The molecule has 0 radical (unpaired) electrons. The molecular weight excluding hydrogens is 324 g/mol. The summed E-state index contributed by atoms with van der Waals surface area (Å²) in [6, 6.07) is 7.44. The summed E-state index contributed by atoms with van der Waals surface area (Å²) in [5.41, 5.74) is 1.61. The van der Waals surface area contributed by atoms with Crippen LogP contribution in [-0.4, -0.2) is 45.1 Å². The number of carbonyl (C=O) groups is 1. The second-order valence-corrected chi connectivity index (χ2v) is 8.43. The molecule has 0 saturated carbocycles. The Morgan fingerprint density at radius 1 is 1.12 bits per heavy atom. The molecule has 0 N–H and O–H groups in total. The van der Waals surface area contributed by atoms with Gasteiger partial charge in [-0.15, -0.1) is 0 Å². The zero-order valence-electron chi connectivity index (χ0n) is 14.7. The van der Waals surface area contributed by atoms with Crippen molar-refractivity contribution in [3.05, 3.63) is 29.8 Å². The second-order valence-electron chi connectivity index (χ2n) is 6.52. The minimum Gasteiger partial charge on any atom is -0.343 e. The van der Waals surface area contributed by atoms with E-state index in [9.17, 15) is 13.2 Å². The van der Waals surface area contributed by atoms with Gasteiger partial charge in [0.25, 0.3) is 0 Å². The van der Waals surface area contributed by atoms with Crippen LogP contribution in [0, 0.1) is 6.92 Å². The first-order chi connectivity index (χ1) is 11.4. The van der Waals surface area contributed by atoms with Gasteiger partial charge in [-0.3, -0.25) is 9.10 Å². The Hall–Kier alpha value is -1.56. The van der Waals surface area contributed by atoms with E-state index in [-0.39, 0.29) is 5.91 Å². The molecule has 134 valence electrons. The molecule has 5 nitrogen and oxygen atoms in total. The van der Waals surface area contributed by atoms with Crippen molar-refractivity contribution in [2.45, 2.75) is 45.4 Å². The lowest BCUT2D eigenvalue weighted by molar-refractivity contribution is -0.131. The molecule has 1 heterocycles. The lowest BCUT2D eigenvalue weighted by Crippen LogP contribution is -2.34. The highest BCUT2D eigenvalue weighted by molar-refractivity contribution is 7.92. The fraction of sp³-hybridized carbons (Fsp3) is 0.611. The van der Waals surface area contributed by atoms with Gasteiger partial charge in [0.1, 0.15) is 0 Å². The average molecular weight is 353 g/mol. The molecule has 1 aromatic carbocycles. The Balaban J connectivity index is 1.96. The number of likely N-dealkylation sites (tertiary alicyclic amines) is 1. The van der Waals surface area contributed by atoms with Crippen LogP contribution in [-0.2, 0) is 14.8 Å². The summed E-state index contributed by atoms with van der Waals surface area (Å²) in [6.07, 6.45) is 6.69. The van der Waals surface area contributed by atoms with Crippen LogP contribution in [0.1, 0.15) is 44.1 Å². The molecule has 1 saturated heterocycles. The third kappa shape index (κ3) is 5.23. The predicted molar refractivity (Wildman–Crippen MR) is 97.7 cm³/mol. The van der Waals surface area contributed by atoms with Crippen LogP contribution in [0.5, 0.6) is 0 Å². The van der Waals surface area contributed by atoms with Gasteiger partial charge in [0.15, 0.2) is 0 Å². The van der Waals surface area contributed by atoms with E-state index in [1.807, 2.05) is 36.1 Å². The van der Waals surface area contributed by atoms with E-state index >= 15 is 0 Å². The molecule has 0 aromatic heterocycles. The summed E-state index contributed by atoms with van der Waals surface area (Å²) in [5.74, 6) is 0.148. The fourth-order valence-corrected chi connectivity index (χ4v) is 4.18. The predicted octanol–water partition coefficient (Wildman–Crippen LogP) is 2.94. The van der Waals surface area contributed by atoms with Crippen LogP contribution in [0.3, 0.4) is 0 Å². The van der Waals surface area contributed by atoms with Crippen molar-refractivity contribution >= 4 is 21.6 Å². The lowest BCUT2D eigenvalue weighted by atomic mass is 10.2. The number of para-hydroxylation sites is 1. The Bertz CT molecular complexity index is 650. The van der Waals surface area contributed by atoms with Gasteiger partial charge in [0.05, 0.1) is 11.9 Å². The van der Waals surface area contributed by atoms with Crippen molar-refractivity contribution in [3.63, 3.8) is 0 Å². The molecular formula is C18H28N2O3S. The maximum Gasteiger partial charge on any atom is 0.232 e. The lowest BCUT2D eigenvalue weighted by Gasteiger charge is -2.25. The van der Waals surface area contributed by atoms with E-state index in [0.29, 0.717) is 25.1 Å². The van der Waals surface area contributed by atoms with Gasteiger partial charge in [-0.25, -0.2) is 8.42 Å². The maximum absolute atomic E-state index is 12.3. The van der Waals surface area contributed by atoms with Crippen molar-refractivity contribution in [2.75, 3.05) is 30.2 Å². The Morgan fingerprint density at radius 2 is 1.75 bits per heavy atom.